The Morgan fingerprint density at radius 2 is 1.95 bits per heavy atom. The number of hydrogen-bond donors (Lipinski definition) is 2. The molecule has 3 rings (SSSR count). The summed E-state index contributed by atoms with van der Waals surface area (Å²) >= 11 is 0. The first-order valence-corrected chi connectivity index (χ1v) is 7.01. The van der Waals surface area contributed by atoms with Crippen LogP contribution < -0.4 is 5.73 Å². The molecule has 0 atom stereocenters. The number of hydrogen-bond acceptors (Lipinski definition) is 4. The first-order chi connectivity index (χ1) is 10.0. The Kier molecular flexibility index (Phi) is 3.33. The molecular weight excluding hydrogens is 266 g/mol. The molecule has 1 aromatic heterocycles. The van der Waals surface area contributed by atoms with Crippen molar-refractivity contribution in [3.63, 3.8) is 0 Å². The summed E-state index contributed by atoms with van der Waals surface area (Å²) in [5.41, 5.74) is 8.25. The van der Waals surface area contributed by atoms with Crippen molar-refractivity contribution in [3.05, 3.63) is 41.1 Å². The van der Waals surface area contributed by atoms with Gasteiger partial charge in [0.15, 0.2) is 5.82 Å². The quantitative estimate of drug-likeness (QED) is 0.900. The number of aryl methyl sites for hydroxylation is 1. The van der Waals surface area contributed by atoms with Gasteiger partial charge in [-0.3, -0.25) is 0 Å². The highest BCUT2D eigenvalue weighted by atomic mass is 16.4. The van der Waals surface area contributed by atoms with E-state index in [1.54, 1.807) is 6.92 Å². The Balaban J connectivity index is 1.90. The Morgan fingerprint density at radius 3 is 2.48 bits per heavy atom. The molecule has 0 aliphatic heterocycles. The summed E-state index contributed by atoms with van der Waals surface area (Å²) in [7, 11) is 0. The van der Waals surface area contributed by atoms with Crippen molar-refractivity contribution in [1.82, 2.24) is 9.97 Å². The molecule has 0 radical (unpaired) electrons. The van der Waals surface area contributed by atoms with Gasteiger partial charge in [0.05, 0.1) is 5.69 Å². The first kappa shape index (κ1) is 13.5. The summed E-state index contributed by atoms with van der Waals surface area (Å²) in [5, 5.41) is 9.07. The van der Waals surface area contributed by atoms with E-state index in [4.69, 9.17) is 10.8 Å². The zero-order valence-electron chi connectivity index (χ0n) is 11.8. The van der Waals surface area contributed by atoms with Crippen molar-refractivity contribution in [3.8, 4) is 11.4 Å². The summed E-state index contributed by atoms with van der Waals surface area (Å²) in [6.45, 7) is 1.63. The molecule has 0 spiro atoms. The van der Waals surface area contributed by atoms with Gasteiger partial charge in [-0.2, -0.15) is 0 Å². The fourth-order valence-electron chi connectivity index (χ4n) is 2.43. The Morgan fingerprint density at radius 1 is 1.29 bits per heavy atom. The predicted molar refractivity (Wildman–Crippen MR) is 80.0 cm³/mol. The van der Waals surface area contributed by atoms with E-state index in [2.05, 4.69) is 22.1 Å². The molecule has 1 saturated carbocycles. The van der Waals surface area contributed by atoms with Crippen LogP contribution in [0.1, 0.15) is 34.5 Å². The van der Waals surface area contributed by atoms with E-state index in [9.17, 15) is 4.79 Å². The second-order valence-corrected chi connectivity index (χ2v) is 5.54. The lowest BCUT2D eigenvalue weighted by Gasteiger charge is -2.08. The van der Waals surface area contributed by atoms with Gasteiger partial charge in [-0.15, -0.1) is 0 Å². The summed E-state index contributed by atoms with van der Waals surface area (Å²) in [4.78, 5) is 19.5. The van der Waals surface area contributed by atoms with E-state index in [-0.39, 0.29) is 11.4 Å². The maximum atomic E-state index is 11.1. The number of carboxylic acid groups (broad SMARTS) is 1. The third-order valence-corrected chi connectivity index (χ3v) is 3.77. The lowest BCUT2D eigenvalue weighted by molar-refractivity contribution is 0.0696. The van der Waals surface area contributed by atoms with Crippen molar-refractivity contribution in [2.45, 2.75) is 26.2 Å². The van der Waals surface area contributed by atoms with Gasteiger partial charge in [0.1, 0.15) is 11.4 Å². The molecule has 0 amide bonds. The minimum Gasteiger partial charge on any atom is -0.477 e. The molecule has 1 aliphatic carbocycles. The van der Waals surface area contributed by atoms with Crippen LogP contribution in [0.3, 0.4) is 0 Å². The van der Waals surface area contributed by atoms with E-state index in [1.165, 1.54) is 18.4 Å². The van der Waals surface area contributed by atoms with E-state index < -0.39 is 5.97 Å². The summed E-state index contributed by atoms with van der Waals surface area (Å²) in [5.74, 6) is 0.219. The molecule has 3 N–H and O–H groups in total. The van der Waals surface area contributed by atoms with Crippen LogP contribution in [0, 0.1) is 12.8 Å². The monoisotopic (exact) mass is 283 g/mol. The maximum absolute atomic E-state index is 11.1. The van der Waals surface area contributed by atoms with Crippen molar-refractivity contribution in [1.29, 1.82) is 0 Å². The molecule has 2 aromatic rings. The minimum atomic E-state index is -1.10. The van der Waals surface area contributed by atoms with Gasteiger partial charge in [-0.1, -0.05) is 24.3 Å². The molecular formula is C16H17N3O2. The van der Waals surface area contributed by atoms with E-state index in [0.29, 0.717) is 11.5 Å². The predicted octanol–water partition coefficient (Wildman–Crippen LogP) is 2.68. The lowest BCUT2D eigenvalue weighted by atomic mass is 10.1. The topological polar surface area (TPSA) is 89.1 Å². The second kappa shape index (κ2) is 5.16. The van der Waals surface area contributed by atoms with Gasteiger partial charge in [-0.25, -0.2) is 14.8 Å². The van der Waals surface area contributed by atoms with Crippen LogP contribution in [0.2, 0.25) is 0 Å². The number of benzene rings is 1. The molecule has 0 unspecified atom stereocenters. The number of nitrogens with zero attached hydrogens (tertiary/aromatic N) is 2. The molecule has 1 heterocycles. The van der Waals surface area contributed by atoms with Crippen molar-refractivity contribution in [2.75, 3.05) is 5.73 Å². The number of anilines is 1. The minimum absolute atomic E-state index is 0.00653. The first-order valence-electron chi connectivity index (χ1n) is 7.01. The smallest absolute Gasteiger partial charge is 0.341 e. The third kappa shape index (κ3) is 2.86. The largest absolute Gasteiger partial charge is 0.477 e. The molecule has 5 nitrogen and oxygen atoms in total. The normalized spacial score (nSPS) is 14.1. The number of nitrogen functional groups attached to an aromatic ring is 1. The van der Waals surface area contributed by atoms with Crippen LogP contribution in [0.25, 0.3) is 11.4 Å². The van der Waals surface area contributed by atoms with Crippen LogP contribution in [0.15, 0.2) is 24.3 Å². The van der Waals surface area contributed by atoms with Crippen molar-refractivity contribution < 1.29 is 9.90 Å². The fourth-order valence-corrected chi connectivity index (χ4v) is 2.43. The Bertz CT molecular complexity index is 668. The highest BCUT2D eigenvalue weighted by Crippen LogP contribution is 2.33. The number of aromatic nitrogens is 2. The van der Waals surface area contributed by atoms with E-state index in [0.717, 1.165) is 17.9 Å². The van der Waals surface area contributed by atoms with E-state index >= 15 is 0 Å². The van der Waals surface area contributed by atoms with Gasteiger partial charge >= 0.3 is 5.97 Å². The van der Waals surface area contributed by atoms with E-state index in [1.807, 2.05) is 12.1 Å². The lowest BCUT2D eigenvalue weighted by Crippen LogP contribution is -2.10. The number of carboxylic acids is 1. The molecule has 0 saturated heterocycles. The SMILES string of the molecule is Cc1nc(-c2ccc(CC3CC3)cc2)nc(N)c1C(=O)O. The summed E-state index contributed by atoms with van der Waals surface area (Å²) in [6.07, 6.45) is 3.79. The molecule has 0 bridgehead atoms. The van der Waals surface area contributed by atoms with Gasteiger partial charge < -0.3 is 10.8 Å². The highest BCUT2D eigenvalue weighted by molar-refractivity contribution is 5.94. The van der Waals surface area contributed by atoms with Gasteiger partial charge in [-0.05, 0) is 37.7 Å². The van der Waals surface area contributed by atoms with Crippen LogP contribution in [-0.2, 0) is 6.42 Å². The Hall–Kier alpha value is -2.43. The fraction of sp³-hybridized carbons (Fsp3) is 0.312. The third-order valence-electron chi connectivity index (χ3n) is 3.77. The van der Waals surface area contributed by atoms with Crippen LogP contribution >= 0.6 is 0 Å². The Labute approximate surface area is 122 Å². The van der Waals surface area contributed by atoms with Crippen LogP contribution in [0.5, 0.6) is 0 Å². The van der Waals surface area contributed by atoms with Crippen molar-refractivity contribution in [2.24, 2.45) is 5.92 Å². The highest BCUT2D eigenvalue weighted by Gasteiger charge is 2.21. The van der Waals surface area contributed by atoms with Gasteiger partial charge in [0.2, 0.25) is 0 Å². The van der Waals surface area contributed by atoms with Gasteiger partial charge in [0, 0.05) is 5.56 Å². The number of aromatic carboxylic acids is 1. The molecule has 5 heteroatoms. The average molecular weight is 283 g/mol. The number of carbonyl (C=O) groups is 1. The number of rotatable bonds is 4. The standard InChI is InChI=1S/C16H17N3O2/c1-9-13(16(20)21)14(17)19-15(18-9)12-6-4-11(5-7-12)8-10-2-3-10/h4-7,10H,2-3,8H2,1H3,(H,20,21)(H2,17,18,19). The summed E-state index contributed by atoms with van der Waals surface area (Å²) < 4.78 is 0. The molecule has 1 aromatic carbocycles. The molecule has 1 aliphatic rings. The maximum Gasteiger partial charge on any atom is 0.341 e. The van der Waals surface area contributed by atoms with Crippen molar-refractivity contribution >= 4 is 11.8 Å². The van der Waals surface area contributed by atoms with Gasteiger partial charge in [0.25, 0.3) is 0 Å². The van der Waals surface area contributed by atoms with Crippen LogP contribution in [-0.4, -0.2) is 21.0 Å². The zero-order chi connectivity index (χ0) is 15.0. The molecule has 1 fully saturated rings. The second-order valence-electron chi connectivity index (χ2n) is 5.54. The van der Waals surface area contributed by atoms with Crippen LogP contribution in [0.4, 0.5) is 5.82 Å². The average Bonchev–Trinajstić information content (AvgIpc) is 3.22. The molecule has 21 heavy (non-hydrogen) atoms. The summed E-state index contributed by atoms with van der Waals surface area (Å²) in [6, 6.07) is 8.08. The molecule has 108 valence electrons. The number of nitrogens with two attached hydrogens (primary N) is 1. The zero-order valence-corrected chi connectivity index (χ0v) is 11.8.